The van der Waals surface area contributed by atoms with Crippen molar-refractivity contribution in [2.24, 2.45) is 0 Å². The summed E-state index contributed by atoms with van der Waals surface area (Å²) in [7, 11) is 0. The highest BCUT2D eigenvalue weighted by Crippen LogP contribution is 2.18. The van der Waals surface area contributed by atoms with Crippen molar-refractivity contribution in [1.82, 2.24) is 0 Å². The second-order valence-electron chi connectivity index (χ2n) is 21.7. The van der Waals surface area contributed by atoms with Gasteiger partial charge in [0.1, 0.15) is 13.2 Å². The monoisotopic (exact) mass is 1010 g/mol. The number of hydrogen-bond acceptors (Lipinski definition) is 6. The van der Waals surface area contributed by atoms with Crippen molar-refractivity contribution >= 4 is 17.9 Å². The molecule has 0 aromatic rings. The van der Waals surface area contributed by atoms with Crippen molar-refractivity contribution < 1.29 is 28.6 Å². The van der Waals surface area contributed by atoms with Gasteiger partial charge in [0.2, 0.25) is 0 Å². The molecule has 6 nitrogen and oxygen atoms in total. The largest absolute Gasteiger partial charge is 0.462 e. The van der Waals surface area contributed by atoms with Gasteiger partial charge in [-0.15, -0.1) is 0 Å². The Kier molecular flexibility index (Phi) is 59.2. The lowest BCUT2D eigenvalue weighted by Gasteiger charge is -2.18. The molecule has 0 aliphatic rings. The minimum absolute atomic E-state index is 0.0740. The lowest BCUT2D eigenvalue weighted by molar-refractivity contribution is -0.167. The Balaban J connectivity index is 4.23. The van der Waals surface area contributed by atoms with Crippen LogP contribution in [0.4, 0.5) is 0 Å². The van der Waals surface area contributed by atoms with Crippen LogP contribution in [0, 0.1) is 0 Å². The molecule has 1 unspecified atom stereocenters. The maximum Gasteiger partial charge on any atom is 0.306 e. The van der Waals surface area contributed by atoms with Crippen LogP contribution in [0.1, 0.15) is 348 Å². The molecule has 72 heavy (non-hydrogen) atoms. The van der Waals surface area contributed by atoms with Crippen molar-refractivity contribution in [3.63, 3.8) is 0 Å². The number of unbranched alkanes of at least 4 members (excludes halogenated alkanes) is 42. The van der Waals surface area contributed by atoms with Gasteiger partial charge in [-0.05, 0) is 51.4 Å². The van der Waals surface area contributed by atoms with E-state index in [1.165, 1.54) is 212 Å². The molecule has 0 N–H and O–H groups in total. The smallest absolute Gasteiger partial charge is 0.306 e. The van der Waals surface area contributed by atoms with Gasteiger partial charge in [-0.1, -0.05) is 314 Å². The topological polar surface area (TPSA) is 78.9 Å². The highest BCUT2D eigenvalue weighted by Gasteiger charge is 2.19. The predicted molar refractivity (Wildman–Crippen MR) is 312 cm³/mol. The normalized spacial score (nSPS) is 12.2. The molecular formula is C66H122O6. The van der Waals surface area contributed by atoms with Crippen LogP contribution in [0.15, 0.2) is 36.5 Å². The van der Waals surface area contributed by atoms with Crippen molar-refractivity contribution in [3.8, 4) is 0 Å². The number of hydrogen-bond donors (Lipinski definition) is 0. The summed E-state index contributed by atoms with van der Waals surface area (Å²) in [6.07, 6.45) is 74.5. The van der Waals surface area contributed by atoms with Gasteiger partial charge in [0.15, 0.2) is 6.10 Å². The molecule has 0 aliphatic carbocycles. The van der Waals surface area contributed by atoms with E-state index in [-0.39, 0.29) is 31.1 Å². The third kappa shape index (κ3) is 58.5. The molecule has 0 radical (unpaired) electrons. The van der Waals surface area contributed by atoms with E-state index in [0.29, 0.717) is 19.3 Å². The van der Waals surface area contributed by atoms with Crippen LogP contribution >= 0.6 is 0 Å². The molecule has 0 heterocycles. The van der Waals surface area contributed by atoms with Crippen LogP contribution in [0.25, 0.3) is 0 Å². The highest BCUT2D eigenvalue weighted by atomic mass is 16.6. The van der Waals surface area contributed by atoms with Crippen LogP contribution in [0.5, 0.6) is 0 Å². The van der Waals surface area contributed by atoms with E-state index < -0.39 is 6.10 Å². The Morgan fingerprint density at radius 3 is 0.847 bits per heavy atom. The van der Waals surface area contributed by atoms with Gasteiger partial charge in [-0.2, -0.15) is 0 Å². The molecule has 0 aliphatic heterocycles. The minimum atomic E-state index is -0.778. The van der Waals surface area contributed by atoms with Crippen LogP contribution in [-0.2, 0) is 28.6 Å². The lowest BCUT2D eigenvalue weighted by atomic mass is 10.0. The second kappa shape index (κ2) is 61.2. The SMILES string of the molecule is CC/C=C\C/C=C\C/C=C\CCCCCCCC(=O)OC(COC(=O)CCCCCCCCCCCCCCCC)COC(=O)CCCCCCCCCCCCCCCCCCCCCCCCCCC. The molecule has 0 spiro atoms. The van der Waals surface area contributed by atoms with Crippen molar-refractivity contribution in [3.05, 3.63) is 36.5 Å². The standard InChI is InChI=1S/C66H122O6/c1-4-7-10-13-16-19-22-25-28-29-30-31-32-33-34-35-36-37-39-41-44-47-50-53-56-59-65(68)71-62-63(61-70-64(67)58-55-52-49-46-43-40-27-24-21-18-15-12-9-6-3)72-66(69)60-57-54-51-48-45-42-38-26-23-20-17-14-11-8-5-2/h8,11,17,20,26,38,63H,4-7,9-10,12-16,18-19,21-25,27-37,39-62H2,1-3H3/b11-8-,20-17-,38-26-. The van der Waals surface area contributed by atoms with Crippen molar-refractivity contribution in [2.75, 3.05) is 13.2 Å². The van der Waals surface area contributed by atoms with Gasteiger partial charge in [0.25, 0.3) is 0 Å². The first kappa shape index (κ1) is 69.6. The molecule has 0 rings (SSSR count). The molecule has 0 aromatic carbocycles. The molecule has 422 valence electrons. The van der Waals surface area contributed by atoms with Gasteiger partial charge in [-0.3, -0.25) is 14.4 Å². The summed E-state index contributed by atoms with van der Waals surface area (Å²) in [6.45, 7) is 6.58. The Bertz CT molecular complexity index is 1210. The van der Waals surface area contributed by atoms with Gasteiger partial charge in [-0.25, -0.2) is 0 Å². The predicted octanol–water partition coefficient (Wildman–Crippen LogP) is 21.6. The number of carbonyl (C=O) groups is 3. The van der Waals surface area contributed by atoms with E-state index in [9.17, 15) is 14.4 Å². The summed E-state index contributed by atoms with van der Waals surface area (Å²) in [5, 5.41) is 0. The zero-order chi connectivity index (χ0) is 52.2. The summed E-state index contributed by atoms with van der Waals surface area (Å²) < 4.78 is 16.9. The quantitative estimate of drug-likeness (QED) is 0.0261. The van der Waals surface area contributed by atoms with Crippen molar-refractivity contribution in [1.29, 1.82) is 0 Å². The molecule has 0 saturated heterocycles. The number of esters is 3. The molecule has 0 amide bonds. The molecule has 6 heteroatoms. The third-order valence-corrected chi connectivity index (χ3v) is 14.4. The van der Waals surface area contributed by atoms with E-state index in [0.717, 1.165) is 96.3 Å². The summed E-state index contributed by atoms with van der Waals surface area (Å²) >= 11 is 0. The Morgan fingerprint density at radius 2 is 0.542 bits per heavy atom. The van der Waals surface area contributed by atoms with Crippen LogP contribution in [-0.4, -0.2) is 37.2 Å². The first-order valence-corrected chi connectivity index (χ1v) is 32.0. The number of allylic oxidation sites excluding steroid dienone is 6. The fourth-order valence-corrected chi connectivity index (χ4v) is 9.64. The summed E-state index contributed by atoms with van der Waals surface area (Å²) in [6, 6.07) is 0. The Morgan fingerprint density at radius 1 is 0.292 bits per heavy atom. The maximum absolute atomic E-state index is 12.9. The van der Waals surface area contributed by atoms with Gasteiger partial charge in [0.05, 0.1) is 0 Å². The molecule has 0 saturated carbocycles. The first-order valence-electron chi connectivity index (χ1n) is 32.0. The minimum Gasteiger partial charge on any atom is -0.462 e. The van der Waals surface area contributed by atoms with E-state index in [1.54, 1.807) is 0 Å². The molecule has 0 aromatic heterocycles. The first-order chi connectivity index (χ1) is 35.5. The molecule has 0 bridgehead atoms. The highest BCUT2D eigenvalue weighted by molar-refractivity contribution is 5.71. The third-order valence-electron chi connectivity index (χ3n) is 14.4. The number of rotatable bonds is 59. The molecule has 0 fully saturated rings. The fourth-order valence-electron chi connectivity index (χ4n) is 9.64. The van der Waals surface area contributed by atoms with Crippen LogP contribution in [0.2, 0.25) is 0 Å². The summed E-state index contributed by atoms with van der Waals surface area (Å²) in [5.74, 6) is -0.867. The number of carbonyl (C=O) groups excluding carboxylic acids is 3. The summed E-state index contributed by atoms with van der Waals surface area (Å²) in [4.78, 5) is 38.2. The zero-order valence-corrected chi connectivity index (χ0v) is 48.5. The van der Waals surface area contributed by atoms with Gasteiger partial charge in [0, 0.05) is 19.3 Å². The Hall–Kier alpha value is -2.37. The maximum atomic E-state index is 12.9. The van der Waals surface area contributed by atoms with Crippen molar-refractivity contribution in [2.45, 2.75) is 354 Å². The summed E-state index contributed by atoms with van der Waals surface area (Å²) in [5.41, 5.74) is 0. The Labute approximate surface area is 448 Å². The van der Waals surface area contributed by atoms with E-state index in [4.69, 9.17) is 14.2 Å². The number of ether oxygens (including phenoxy) is 3. The van der Waals surface area contributed by atoms with Crippen LogP contribution < -0.4 is 0 Å². The van der Waals surface area contributed by atoms with Gasteiger partial charge < -0.3 is 14.2 Å². The second-order valence-corrected chi connectivity index (χ2v) is 21.7. The average Bonchev–Trinajstić information content (AvgIpc) is 3.38. The van der Waals surface area contributed by atoms with E-state index in [1.807, 2.05) is 0 Å². The zero-order valence-electron chi connectivity index (χ0n) is 48.5. The van der Waals surface area contributed by atoms with E-state index >= 15 is 0 Å². The van der Waals surface area contributed by atoms with Gasteiger partial charge >= 0.3 is 17.9 Å². The molecular weight excluding hydrogens is 889 g/mol. The average molecular weight is 1010 g/mol. The van der Waals surface area contributed by atoms with Crippen LogP contribution in [0.3, 0.4) is 0 Å². The van der Waals surface area contributed by atoms with E-state index in [2.05, 4.69) is 57.2 Å². The molecule has 1 atom stereocenters. The fraction of sp³-hybridized carbons (Fsp3) is 0.864. The lowest BCUT2D eigenvalue weighted by Crippen LogP contribution is -2.30.